The maximum atomic E-state index is 13.3. The van der Waals surface area contributed by atoms with Crippen LogP contribution in [0, 0.1) is 0 Å². The summed E-state index contributed by atoms with van der Waals surface area (Å²) in [4.78, 5) is 44.8. The number of phenols is 1. The van der Waals surface area contributed by atoms with Gasteiger partial charge in [0.2, 0.25) is 11.2 Å². The van der Waals surface area contributed by atoms with Crippen molar-refractivity contribution in [2.24, 2.45) is 0 Å². The normalized spacial score (nSPS) is 17.2. The highest BCUT2D eigenvalue weighted by molar-refractivity contribution is 7.16. The molecule has 0 amide bonds. The Morgan fingerprint density at radius 1 is 1.00 bits per heavy atom. The molecule has 1 atom stereocenters. The van der Waals surface area contributed by atoms with Crippen LogP contribution >= 0.6 is 34.0 Å². The number of aromatic hydroxyl groups is 1. The molecule has 1 saturated carbocycles. The SMILES string of the molecule is CN(CCCn1c(=O)sc2cc(CNC[C@H](O[Si](C)(C)C(C)(C)C)c3ccc(O)c4[nH]c(=O)ccc34)ccc21)C1CCC(OC(C(=O)O)(c2cccs2)c2cccs2)CC1. The molecular formula is C45H56N4O7S3Si. The second kappa shape index (κ2) is 18.2. The lowest BCUT2D eigenvalue weighted by atomic mass is 9.90. The molecule has 0 unspecified atom stereocenters. The molecule has 4 N–H and O–H groups in total. The van der Waals surface area contributed by atoms with Gasteiger partial charge in [0, 0.05) is 37.1 Å². The minimum atomic E-state index is -2.23. The number of ether oxygens (including phenoxy) is 1. The Bertz CT molecular complexity index is 2480. The molecule has 320 valence electrons. The lowest BCUT2D eigenvalue weighted by Gasteiger charge is -2.39. The van der Waals surface area contributed by atoms with Gasteiger partial charge in [-0.1, -0.05) is 56.4 Å². The van der Waals surface area contributed by atoms with E-state index in [1.807, 2.05) is 51.7 Å². The van der Waals surface area contributed by atoms with Crippen LogP contribution in [0.3, 0.4) is 0 Å². The van der Waals surface area contributed by atoms with E-state index in [0.29, 0.717) is 40.9 Å². The highest BCUT2D eigenvalue weighted by atomic mass is 32.1. The maximum absolute atomic E-state index is 13.3. The number of phenolic OH excluding ortho intramolecular Hbond substituents is 1. The monoisotopic (exact) mass is 888 g/mol. The molecule has 4 aromatic heterocycles. The Balaban J connectivity index is 0.950. The smallest absolute Gasteiger partial charge is 0.347 e. The Kier molecular flexibility index (Phi) is 13.4. The second-order valence-corrected chi connectivity index (χ2v) is 25.1. The minimum absolute atomic E-state index is 0.0209. The van der Waals surface area contributed by atoms with Gasteiger partial charge in [0.25, 0.3) is 0 Å². The van der Waals surface area contributed by atoms with Crippen molar-refractivity contribution in [2.75, 3.05) is 20.1 Å². The highest BCUT2D eigenvalue weighted by Crippen LogP contribution is 2.43. The van der Waals surface area contributed by atoms with E-state index in [2.05, 4.69) is 68.2 Å². The maximum Gasteiger partial charge on any atom is 0.347 e. The van der Waals surface area contributed by atoms with Crippen LogP contribution in [0.5, 0.6) is 5.75 Å². The lowest BCUT2D eigenvalue weighted by Crippen LogP contribution is -2.44. The highest BCUT2D eigenvalue weighted by Gasteiger charge is 2.48. The summed E-state index contributed by atoms with van der Waals surface area (Å²) in [6, 6.07) is 20.8. The zero-order valence-electron chi connectivity index (χ0n) is 35.2. The van der Waals surface area contributed by atoms with Crippen LogP contribution in [-0.4, -0.2) is 71.2 Å². The number of aromatic nitrogens is 2. The molecule has 2 aromatic carbocycles. The minimum Gasteiger partial charge on any atom is -0.506 e. The topological polar surface area (TPSA) is 146 Å². The van der Waals surface area contributed by atoms with Gasteiger partial charge in [-0.25, -0.2) is 4.79 Å². The number of carboxylic acid groups (broad SMARTS) is 1. The van der Waals surface area contributed by atoms with Gasteiger partial charge in [-0.2, -0.15) is 0 Å². The van der Waals surface area contributed by atoms with Crippen LogP contribution in [0.2, 0.25) is 18.1 Å². The third kappa shape index (κ3) is 9.28. The first-order chi connectivity index (χ1) is 28.6. The summed E-state index contributed by atoms with van der Waals surface area (Å²) in [5.41, 5.74) is 1.54. The number of fused-ring (bicyclic) bond motifs is 2. The first kappa shape index (κ1) is 44.1. The summed E-state index contributed by atoms with van der Waals surface area (Å²) in [6.07, 6.45) is 3.75. The third-order valence-electron chi connectivity index (χ3n) is 12.4. The number of hydrogen-bond donors (Lipinski definition) is 4. The molecule has 7 rings (SSSR count). The van der Waals surface area contributed by atoms with Crippen LogP contribution in [-0.2, 0) is 32.6 Å². The van der Waals surface area contributed by atoms with Crippen molar-refractivity contribution in [3.05, 3.63) is 118 Å². The van der Waals surface area contributed by atoms with Crippen LogP contribution in [0.15, 0.2) is 87.1 Å². The van der Waals surface area contributed by atoms with E-state index in [9.17, 15) is 24.6 Å². The number of thiazole rings is 1. The number of carboxylic acids is 1. The zero-order chi connectivity index (χ0) is 42.8. The van der Waals surface area contributed by atoms with Crippen LogP contribution in [0.1, 0.15) is 79.9 Å². The van der Waals surface area contributed by atoms with Gasteiger partial charge < -0.3 is 34.6 Å². The number of pyridine rings is 1. The van der Waals surface area contributed by atoms with E-state index in [4.69, 9.17) is 9.16 Å². The fraction of sp³-hybridized carbons (Fsp3) is 0.444. The molecule has 1 aliphatic rings. The van der Waals surface area contributed by atoms with E-state index < -0.39 is 19.9 Å². The van der Waals surface area contributed by atoms with Crippen molar-refractivity contribution in [3.63, 3.8) is 0 Å². The lowest BCUT2D eigenvalue weighted by molar-refractivity contribution is -0.170. The first-order valence-corrected chi connectivity index (χ1v) is 26.1. The fourth-order valence-electron chi connectivity index (χ4n) is 8.04. The summed E-state index contributed by atoms with van der Waals surface area (Å²) < 4.78 is 16.4. The number of carbonyl (C=O) groups is 1. The van der Waals surface area contributed by atoms with Gasteiger partial charge in [-0.3, -0.25) is 14.2 Å². The van der Waals surface area contributed by atoms with E-state index in [0.717, 1.165) is 65.4 Å². The summed E-state index contributed by atoms with van der Waals surface area (Å²) >= 11 is 4.11. The molecule has 0 saturated heterocycles. The molecular weight excluding hydrogens is 833 g/mol. The quantitative estimate of drug-likeness (QED) is 0.0659. The van der Waals surface area contributed by atoms with Crippen molar-refractivity contribution >= 4 is 69.4 Å². The number of H-pyrrole nitrogens is 1. The summed E-state index contributed by atoms with van der Waals surface area (Å²) in [5, 5.41) is 29.2. The van der Waals surface area contributed by atoms with E-state index in [1.54, 1.807) is 12.1 Å². The van der Waals surface area contributed by atoms with Gasteiger partial charge in [0.05, 0.1) is 37.7 Å². The van der Waals surface area contributed by atoms with Gasteiger partial charge in [0.15, 0.2) is 8.32 Å². The van der Waals surface area contributed by atoms with E-state index >= 15 is 0 Å². The third-order valence-corrected chi connectivity index (χ3v) is 19.8. The number of thiophene rings is 2. The number of rotatable bonds is 17. The van der Waals surface area contributed by atoms with Crippen LogP contribution in [0.4, 0.5) is 0 Å². The van der Waals surface area contributed by atoms with E-state index in [-0.39, 0.29) is 33.4 Å². The Hall–Kier alpha value is -3.93. The number of hydrogen-bond acceptors (Lipinski definition) is 11. The molecule has 4 heterocycles. The average Bonchev–Trinajstić information content (AvgIpc) is 4.00. The number of aliphatic carboxylic acids is 1. The van der Waals surface area contributed by atoms with Crippen molar-refractivity contribution in [1.82, 2.24) is 19.8 Å². The molecule has 0 spiro atoms. The van der Waals surface area contributed by atoms with Crippen LogP contribution in [0.25, 0.3) is 21.1 Å². The van der Waals surface area contributed by atoms with Gasteiger partial charge in [0.1, 0.15) is 5.75 Å². The molecule has 1 fully saturated rings. The Morgan fingerprint density at radius 3 is 2.33 bits per heavy atom. The summed E-state index contributed by atoms with van der Waals surface area (Å²) in [7, 11) is -0.0835. The molecule has 60 heavy (non-hydrogen) atoms. The molecule has 0 bridgehead atoms. The van der Waals surface area contributed by atoms with Crippen molar-refractivity contribution in [3.8, 4) is 5.75 Å². The zero-order valence-corrected chi connectivity index (χ0v) is 38.6. The van der Waals surface area contributed by atoms with Crippen molar-refractivity contribution < 1.29 is 24.2 Å². The second-order valence-electron chi connectivity index (χ2n) is 17.4. The number of nitrogens with zero attached hydrogens (tertiary/aromatic N) is 2. The molecule has 1 aliphatic carbocycles. The van der Waals surface area contributed by atoms with Crippen molar-refractivity contribution in [2.45, 2.75) is 108 Å². The van der Waals surface area contributed by atoms with Gasteiger partial charge in [-0.05, 0) is 122 Å². The van der Waals surface area contributed by atoms with Gasteiger partial charge >= 0.3 is 10.8 Å². The van der Waals surface area contributed by atoms with E-state index in [1.165, 1.54) is 40.1 Å². The molecule has 15 heteroatoms. The number of aryl methyl sites for hydroxylation is 1. The molecule has 6 aromatic rings. The molecule has 0 aliphatic heterocycles. The molecule has 11 nitrogen and oxygen atoms in total. The largest absolute Gasteiger partial charge is 0.506 e. The number of nitrogens with one attached hydrogen (secondary N) is 2. The Morgan fingerprint density at radius 2 is 1.70 bits per heavy atom. The summed E-state index contributed by atoms with van der Waals surface area (Å²) in [6.45, 7) is 13.6. The Labute approximate surface area is 363 Å². The molecule has 0 radical (unpaired) electrons. The predicted molar refractivity (Wildman–Crippen MR) is 246 cm³/mol. The van der Waals surface area contributed by atoms with Crippen molar-refractivity contribution in [1.29, 1.82) is 0 Å². The van der Waals surface area contributed by atoms with Gasteiger partial charge in [-0.15, -0.1) is 22.7 Å². The van der Waals surface area contributed by atoms with Crippen LogP contribution < -0.4 is 15.7 Å². The fourth-order valence-corrected chi connectivity index (χ4v) is 12.1. The number of benzene rings is 2. The first-order valence-electron chi connectivity index (χ1n) is 20.6. The predicted octanol–water partition coefficient (Wildman–Crippen LogP) is 9.26. The number of aromatic amines is 1. The summed E-state index contributed by atoms with van der Waals surface area (Å²) in [5.74, 6) is -0.957. The average molecular weight is 889 g/mol. The standard InChI is InChI=1S/C45H56N4O7S3Si/c1-44(2,3)60(5,6)56-36(32-17-20-35(50)41-33(32)18-21-40(51)47-41)28-46-27-29-12-19-34-37(26-29)59-43(54)49(34)23-9-22-48(4)30-13-15-31(16-14-30)55-45(42(52)53,38-10-7-24-57-38)39-11-8-25-58-39/h7-8,10-12,17-21,24-26,30-31,36,46,50H,9,13-16,22-23,27-28H2,1-6H3,(H,47,51)(H,52,53)/t30?,31?,36-/m0/s1.